The number of amides is 1. The van der Waals surface area contributed by atoms with Crippen molar-refractivity contribution in [3.63, 3.8) is 0 Å². The molecule has 0 aliphatic rings. The molecule has 140 valence electrons. The number of carbonyl (C=O) groups excluding carboxylic acids is 1. The fraction of sp³-hybridized carbons (Fsp3) is 0. The van der Waals surface area contributed by atoms with Crippen molar-refractivity contribution >= 4 is 15.9 Å². The molecule has 0 bridgehead atoms. The molecule has 0 saturated heterocycles. The van der Waals surface area contributed by atoms with Gasteiger partial charge < -0.3 is 0 Å². The second kappa shape index (κ2) is 7.21. The highest BCUT2D eigenvalue weighted by atomic mass is 32.2. The zero-order valence-corrected chi connectivity index (χ0v) is 14.2. The molecule has 0 aliphatic carbocycles. The second-order valence-electron chi connectivity index (χ2n) is 5.26. The molecule has 3 rings (SSSR count). The zero-order valence-electron chi connectivity index (χ0n) is 13.4. The van der Waals surface area contributed by atoms with Gasteiger partial charge in [-0.3, -0.25) is 14.8 Å². The molecule has 0 spiro atoms. The summed E-state index contributed by atoms with van der Waals surface area (Å²) >= 11 is 0. The Bertz CT molecular complexity index is 1100. The van der Waals surface area contributed by atoms with Crippen LogP contribution >= 0.6 is 0 Å². The van der Waals surface area contributed by atoms with Crippen LogP contribution in [-0.2, 0) is 10.0 Å². The van der Waals surface area contributed by atoms with Gasteiger partial charge >= 0.3 is 0 Å². The number of aromatic nitrogens is 2. The first-order valence-electron chi connectivity index (χ1n) is 7.33. The third kappa shape index (κ3) is 3.99. The number of nitrogens with zero attached hydrogens (tertiary/aromatic N) is 2. The first-order chi connectivity index (χ1) is 12.8. The van der Waals surface area contributed by atoms with Crippen molar-refractivity contribution in [3.8, 4) is 5.69 Å². The molecule has 3 aromatic rings. The predicted molar refractivity (Wildman–Crippen MR) is 87.7 cm³/mol. The number of hydrogen-bond donors (Lipinski definition) is 2. The van der Waals surface area contributed by atoms with Crippen LogP contribution in [0, 0.1) is 17.5 Å². The van der Waals surface area contributed by atoms with E-state index in [0.29, 0.717) is 17.8 Å². The maximum absolute atomic E-state index is 13.2. The van der Waals surface area contributed by atoms with Gasteiger partial charge in [-0.05, 0) is 42.5 Å². The molecular weight excluding hydrogens is 385 g/mol. The highest BCUT2D eigenvalue weighted by Crippen LogP contribution is 2.14. The summed E-state index contributed by atoms with van der Waals surface area (Å²) in [6.07, 6.45) is 2.45. The third-order valence-electron chi connectivity index (χ3n) is 3.48. The highest BCUT2D eigenvalue weighted by Gasteiger charge is 2.19. The van der Waals surface area contributed by atoms with Gasteiger partial charge in [0.05, 0.1) is 17.4 Å². The molecule has 0 aliphatic heterocycles. The van der Waals surface area contributed by atoms with E-state index < -0.39 is 38.3 Å². The third-order valence-corrected chi connectivity index (χ3v) is 4.72. The van der Waals surface area contributed by atoms with Crippen LogP contribution in [0.1, 0.15) is 10.5 Å². The van der Waals surface area contributed by atoms with Gasteiger partial charge in [0.25, 0.3) is 15.9 Å². The first kappa shape index (κ1) is 18.6. The second-order valence-corrected chi connectivity index (χ2v) is 6.94. The number of hydrazine groups is 1. The Morgan fingerprint density at radius 3 is 2.37 bits per heavy atom. The molecule has 1 aromatic heterocycles. The van der Waals surface area contributed by atoms with Gasteiger partial charge in [0.2, 0.25) is 0 Å². The maximum atomic E-state index is 13.2. The minimum atomic E-state index is -4.34. The van der Waals surface area contributed by atoms with Crippen LogP contribution in [0.4, 0.5) is 13.2 Å². The van der Waals surface area contributed by atoms with Gasteiger partial charge in [-0.1, -0.05) is 0 Å². The van der Waals surface area contributed by atoms with Crippen molar-refractivity contribution in [2.75, 3.05) is 0 Å². The van der Waals surface area contributed by atoms with Crippen LogP contribution in [0.5, 0.6) is 0 Å². The largest absolute Gasteiger partial charge is 0.295 e. The van der Waals surface area contributed by atoms with E-state index in [1.54, 1.807) is 4.83 Å². The number of halogens is 3. The van der Waals surface area contributed by atoms with Crippen molar-refractivity contribution in [1.82, 2.24) is 19.8 Å². The Morgan fingerprint density at radius 1 is 1.00 bits per heavy atom. The first-order valence-corrected chi connectivity index (χ1v) is 8.82. The van der Waals surface area contributed by atoms with Gasteiger partial charge in [0.1, 0.15) is 11.5 Å². The summed E-state index contributed by atoms with van der Waals surface area (Å²) in [6, 6.07) is 7.14. The summed E-state index contributed by atoms with van der Waals surface area (Å²) in [4.78, 5) is 17.3. The molecule has 2 N–H and O–H groups in total. The number of benzene rings is 2. The smallest absolute Gasteiger partial charge is 0.284 e. The van der Waals surface area contributed by atoms with Crippen molar-refractivity contribution in [1.29, 1.82) is 0 Å². The Morgan fingerprint density at radius 2 is 1.70 bits per heavy atom. The number of nitrogens with one attached hydrogen (secondary N) is 2. The lowest BCUT2D eigenvalue weighted by Gasteiger charge is -2.10. The van der Waals surface area contributed by atoms with Crippen molar-refractivity contribution in [2.45, 2.75) is 4.90 Å². The molecule has 0 radical (unpaired) electrons. The van der Waals surface area contributed by atoms with Crippen LogP contribution in [0.25, 0.3) is 5.69 Å². The summed E-state index contributed by atoms with van der Waals surface area (Å²) < 4.78 is 64.6. The predicted octanol–water partition coefficient (Wildman–Crippen LogP) is 1.91. The normalized spacial score (nSPS) is 11.4. The van der Waals surface area contributed by atoms with Crippen LogP contribution in [0.2, 0.25) is 0 Å². The summed E-state index contributed by atoms with van der Waals surface area (Å²) in [7, 11) is -4.34. The van der Waals surface area contributed by atoms with E-state index in [2.05, 4.69) is 4.98 Å². The standard InChI is InChI=1S/C16H11F3N4O3S/c17-10-1-3-11(4-2-10)23-9-20-8-15(23)16(24)21-22-27(25,26)12-5-6-13(18)14(19)7-12/h1-9,22H,(H,21,24). The van der Waals surface area contributed by atoms with E-state index in [0.717, 1.165) is 6.07 Å². The van der Waals surface area contributed by atoms with E-state index in [1.807, 2.05) is 5.43 Å². The monoisotopic (exact) mass is 396 g/mol. The maximum Gasteiger partial charge on any atom is 0.284 e. The molecule has 1 heterocycles. The number of hydrogen-bond acceptors (Lipinski definition) is 4. The molecular formula is C16H11F3N4O3S. The minimum absolute atomic E-state index is 0.0467. The summed E-state index contributed by atoms with van der Waals surface area (Å²) in [6.45, 7) is 0. The van der Waals surface area contributed by atoms with Crippen molar-refractivity contribution in [2.24, 2.45) is 0 Å². The molecule has 27 heavy (non-hydrogen) atoms. The molecule has 0 unspecified atom stereocenters. The number of sulfonamides is 1. The van der Waals surface area contributed by atoms with Gasteiger partial charge in [0, 0.05) is 5.69 Å². The summed E-state index contributed by atoms with van der Waals surface area (Å²) in [5.74, 6) is -3.90. The van der Waals surface area contributed by atoms with Gasteiger partial charge in [-0.25, -0.2) is 26.6 Å². The topological polar surface area (TPSA) is 93.1 Å². The average molecular weight is 396 g/mol. The van der Waals surface area contributed by atoms with Crippen LogP contribution in [0.3, 0.4) is 0 Å². The Labute approximate surface area is 151 Å². The Balaban J connectivity index is 1.77. The molecule has 1 amide bonds. The quantitative estimate of drug-likeness (QED) is 0.645. The van der Waals surface area contributed by atoms with E-state index >= 15 is 0 Å². The molecule has 7 nitrogen and oxygen atoms in total. The zero-order chi connectivity index (χ0) is 19.6. The lowest BCUT2D eigenvalue weighted by molar-refractivity contribution is 0.0938. The van der Waals surface area contributed by atoms with E-state index in [-0.39, 0.29) is 5.69 Å². The van der Waals surface area contributed by atoms with Gasteiger partial charge in [0.15, 0.2) is 11.6 Å². The molecule has 0 saturated carbocycles. The van der Waals surface area contributed by atoms with E-state index in [4.69, 9.17) is 0 Å². The number of carbonyl (C=O) groups is 1. The van der Waals surface area contributed by atoms with Gasteiger partial charge in [-0.2, -0.15) is 0 Å². The van der Waals surface area contributed by atoms with E-state index in [1.165, 1.54) is 41.4 Å². The number of imidazole rings is 1. The molecule has 11 heteroatoms. The summed E-state index contributed by atoms with van der Waals surface area (Å²) in [5.41, 5.74) is 2.32. The lowest BCUT2D eigenvalue weighted by Crippen LogP contribution is -2.42. The highest BCUT2D eigenvalue weighted by molar-refractivity contribution is 7.89. The molecule has 0 atom stereocenters. The lowest BCUT2D eigenvalue weighted by atomic mass is 10.3. The number of rotatable bonds is 5. The van der Waals surface area contributed by atoms with Crippen LogP contribution in [0.15, 0.2) is 59.9 Å². The van der Waals surface area contributed by atoms with E-state index in [9.17, 15) is 26.4 Å². The fourth-order valence-corrected chi connectivity index (χ4v) is 3.00. The Kier molecular flexibility index (Phi) is 4.97. The average Bonchev–Trinajstić information content (AvgIpc) is 3.12. The van der Waals surface area contributed by atoms with Crippen LogP contribution < -0.4 is 10.3 Å². The SMILES string of the molecule is O=C(NNS(=O)(=O)c1ccc(F)c(F)c1)c1cncn1-c1ccc(F)cc1. The van der Waals surface area contributed by atoms with Crippen molar-refractivity contribution in [3.05, 3.63) is 78.1 Å². The minimum Gasteiger partial charge on any atom is -0.295 e. The molecule has 0 fully saturated rings. The Hall–Kier alpha value is -3.18. The summed E-state index contributed by atoms with van der Waals surface area (Å²) in [5, 5.41) is 0. The molecule has 2 aromatic carbocycles. The fourth-order valence-electron chi connectivity index (χ4n) is 2.15. The van der Waals surface area contributed by atoms with Gasteiger partial charge in [-0.15, -0.1) is 4.83 Å². The van der Waals surface area contributed by atoms with Crippen LogP contribution in [-0.4, -0.2) is 23.9 Å². The van der Waals surface area contributed by atoms with Crippen molar-refractivity contribution < 1.29 is 26.4 Å².